The largest absolute Gasteiger partial charge is 0.461 e. The van der Waals surface area contributed by atoms with E-state index in [1.165, 1.54) is 6.92 Å². The van der Waals surface area contributed by atoms with Gasteiger partial charge in [-0.1, -0.05) is 22.0 Å². The van der Waals surface area contributed by atoms with Gasteiger partial charge in [0, 0.05) is 79.7 Å². The van der Waals surface area contributed by atoms with Crippen molar-refractivity contribution >= 4 is 54.8 Å². The molecule has 5 rings (SSSR count). The minimum atomic E-state index is -0.367. The van der Waals surface area contributed by atoms with Gasteiger partial charge in [0.1, 0.15) is 6.61 Å². The van der Waals surface area contributed by atoms with Gasteiger partial charge in [-0.2, -0.15) is 0 Å². The van der Waals surface area contributed by atoms with Crippen molar-refractivity contribution in [3.63, 3.8) is 0 Å². The summed E-state index contributed by atoms with van der Waals surface area (Å²) in [7, 11) is 7.89. The van der Waals surface area contributed by atoms with Gasteiger partial charge in [-0.05, 0) is 71.4 Å². The Bertz CT molecular complexity index is 1810. The van der Waals surface area contributed by atoms with Crippen LogP contribution in [0.2, 0.25) is 0 Å². The predicted molar refractivity (Wildman–Crippen MR) is 166 cm³/mol. The monoisotopic (exact) mass is 602 g/mol. The van der Waals surface area contributed by atoms with Gasteiger partial charge in [-0.3, -0.25) is 19.0 Å². The van der Waals surface area contributed by atoms with Gasteiger partial charge in [0.2, 0.25) is 0 Å². The van der Waals surface area contributed by atoms with Gasteiger partial charge in [-0.25, -0.2) is 0 Å². The molecule has 3 aromatic carbocycles. The van der Waals surface area contributed by atoms with Crippen LogP contribution in [0, 0.1) is 0 Å². The topological polar surface area (TPSA) is 87.6 Å². The molecule has 0 spiro atoms. The summed E-state index contributed by atoms with van der Waals surface area (Å²) in [5.74, 6) is -0.367. The van der Waals surface area contributed by atoms with Crippen LogP contribution >= 0.6 is 15.9 Å². The van der Waals surface area contributed by atoms with Gasteiger partial charge in [0.25, 0.3) is 11.1 Å². The maximum absolute atomic E-state index is 13.0. The Morgan fingerprint density at radius 3 is 2.12 bits per heavy atom. The summed E-state index contributed by atoms with van der Waals surface area (Å²) >= 11 is 3.48. The highest BCUT2D eigenvalue weighted by atomic mass is 79.9. The number of pyridine rings is 2. The molecule has 0 bridgehead atoms. The van der Waals surface area contributed by atoms with Crippen LogP contribution in [0.4, 0.5) is 11.4 Å². The van der Waals surface area contributed by atoms with Crippen molar-refractivity contribution in [3.8, 4) is 5.69 Å². The van der Waals surface area contributed by atoms with E-state index in [2.05, 4.69) is 20.9 Å². The first-order valence-corrected chi connectivity index (χ1v) is 13.4. The number of ether oxygens (including phenoxy) is 1. The molecule has 9 heteroatoms. The molecule has 1 N–H and O–H groups in total. The number of aromatic amines is 1. The number of fused-ring (bicyclic) bond motifs is 2. The van der Waals surface area contributed by atoms with E-state index in [4.69, 9.17) is 4.74 Å². The van der Waals surface area contributed by atoms with E-state index < -0.39 is 0 Å². The zero-order valence-corrected chi connectivity index (χ0v) is 24.7. The van der Waals surface area contributed by atoms with E-state index in [-0.39, 0.29) is 23.7 Å². The predicted octanol–water partition coefficient (Wildman–Crippen LogP) is 5.48. The van der Waals surface area contributed by atoms with Crippen LogP contribution in [0.5, 0.6) is 0 Å². The number of anilines is 2. The number of carbonyl (C=O) groups excluding carboxylic acids is 1. The van der Waals surface area contributed by atoms with Crippen molar-refractivity contribution < 1.29 is 9.53 Å². The second kappa shape index (κ2) is 12.2. The van der Waals surface area contributed by atoms with Crippen LogP contribution in [-0.2, 0) is 16.1 Å². The molecule has 0 aliphatic carbocycles. The third kappa shape index (κ3) is 6.26. The number of hydrogen-bond donors (Lipinski definition) is 1. The molecule has 0 aliphatic heterocycles. The molecule has 206 valence electrons. The zero-order valence-electron chi connectivity index (χ0n) is 23.1. The fourth-order valence-corrected chi connectivity index (χ4v) is 4.72. The second-order valence-electron chi connectivity index (χ2n) is 9.65. The minimum Gasteiger partial charge on any atom is -0.461 e. The lowest BCUT2D eigenvalue weighted by Gasteiger charge is -2.16. The SMILES string of the molecule is CC(=O)OCc1c(Br)cccc1-n1ccc2cc(N(C)C)ccc2c1=O.CN(C)c1ccc2c(=O)[nH]ccc2c1. The molecule has 40 heavy (non-hydrogen) atoms. The molecule has 2 heterocycles. The van der Waals surface area contributed by atoms with Crippen LogP contribution < -0.4 is 20.9 Å². The molecule has 8 nitrogen and oxygen atoms in total. The molecule has 0 unspecified atom stereocenters. The molecule has 2 aromatic heterocycles. The summed E-state index contributed by atoms with van der Waals surface area (Å²) in [5.41, 5.74) is 3.41. The number of rotatable bonds is 5. The third-order valence-corrected chi connectivity index (χ3v) is 7.19. The van der Waals surface area contributed by atoms with Crippen molar-refractivity contribution in [1.82, 2.24) is 9.55 Å². The van der Waals surface area contributed by atoms with E-state index in [0.717, 1.165) is 37.6 Å². The Kier molecular flexibility index (Phi) is 8.74. The Morgan fingerprint density at radius 2 is 1.50 bits per heavy atom. The van der Waals surface area contributed by atoms with E-state index in [0.29, 0.717) is 11.1 Å². The number of carbonyl (C=O) groups is 1. The summed E-state index contributed by atoms with van der Waals surface area (Å²) in [4.78, 5) is 42.3. The minimum absolute atomic E-state index is 0.0344. The standard InChI is InChI=1S/C20H19BrN2O3.C11H12N2O/c1-13(24)26-12-17-18(21)5-4-6-19(17)23-10-9-14-11-15(22(2)3)7-8-16(14)20(23)25;1-13(2)9-3-4-10-8(7-9)5-6-12-11(10)14/h4-11H,12H2,1-3H3;3-7H,1-2H3,(H,12,14). The van der Waals surface area contributed by atoms with Crippen molar-refractivity contribution in [2.45, 2.75) is 13.5 Å². The highest BCUT2D eigenvalue weighted by Gasteiger charge is 2.13. The molecule has 0 amide bonds. The Hall–Kier alpha value is -4.37. The van der Waals surface area contributed by atoms with Crippen molar-refractivity contribution in [2.24, 2.45) is 0 Å². The average Bonchev–Trinajstić information content (AvgIpc) is 2.92. The number of aromatic nitrogens is 2. The Balaban J connectivity index is 0.000000222. The highest BCUT2D eigenvalue weighted by molar-refractivity contribution is 9.10. The van der Waals surface area contributed by atoms with Gasteiger partial charge in [0.15, 0.2) is 0 Å². The number of H-pyrrole nitrogens is 1. The van der Waals surface area contributed by atoms with Crippen LogP contribution in [0.1, 0.15) is 12.5 Å². The Morgan fingerprint density at radius 1 is 0.875 bits per heavy atom. The molecule has 0 aliphatic rings. The molecule has 0 fully saturated rings. The lowest BCUT2D eigenvalue weighted by atomic mass is 10.1. The maximum atomic E-state index is 13.0. The van der Waals surface area contributed by atoms with E-state index in [1.54, 1.807) is 17.0 Å². The number of halogens is 1. The smallest absolute Gasteiger partial charge is 0.302 e. The van der Waals surface area contributed by atoms with Crippen LogP contribution in [0.15, 0.2) is 93.2 Å². The molecule has 0 radical (unpaired) electrons. The van der Waals surface area contributed by atoms with Gasteiger partial charge < -0.3 is 19.5 Å². The number of esters is 1. The molecule has 5 aromatic rings. The number of hydrogen-bond acceptors (Lipinski definition) is 6. The molecule has 0 atom stereocenters. The molecular formula is C31H31BrN4O4. The summed E-state index contributed by atoms with van der Waals surface area (Å²) in [5, 5.41) is 3.23. The number of benzene rings is 3. The molecule has 0 saturated heterocycles. The van der Waals surface area contributed by atoms with Crippen LogP contribution in [0.3, 0.4) is 0 Å². The quantitative estimate of drug-likeness (QED) is 0.268. The van der Waals surface area contributed by atoms with Crippen LogP contribution in [-0.4, -0.2) is 43.7 Å². The van der Waals surface area contributed by atoms with Crippen molar-refractivity contribution in [1.29, 1.82) is 0 Å². The van der Waals surface area contributed by atoms with E-state index in [1.807, 2.05) is 105 Å². The van der Waals surface area contributed by atoms with Crippen molar-refractivity contribution in [3.05, 3.63) is 110 Å². The second-order valence-corrected chi connectivity index (χ2v) is 10.5. The normalized spacial score (nSPS) is 10.7. The zero-order chi connectivity index (χ0) is 29.0. The first-order valence-electron chi connectivity index (χ1n) is 12.6. The summed E-state index contributed by atoms with van der Waals surface area (Å²) in [6, 6.07) is 20.9. The summed E-state index contributed by atoms with van der Waals surface area (Å²) in [6.07, 6.45) is 3.42. The van der Waals surface area contributed by atoms with Gasteiger partial charge in [-0.15, -0.1) is 0 Å². The van der Waals surface area contributed by atoms with Crippen LogP contribution in [0.25, 0.3) is 27.2 Å². The average molecular weight is 604 g/mol. The van der Waals surface area contributed by atoms with Gasteiger partial charge >= 0.3 is 5.97 Å². The Labute approximate surface area is 240 Å². The molecule has 0 saturated carbocycles. The lowest BCUT2D eigenvalue weighted by Crippen LogP contribution is -2.20. The number of nitrogens with one attached hydrogen (secondary N) is 1. The van der Waals surface area contributed by atoms with E-state index in [9.17, 15) is 14.4 Å². The summed E-state index contributed by atoms with van der Waals surface area (Å²) < 4.78 is 7.52. The highest BCUT2D eigenvalue weighted by Crippen LogP contribution is 2.25. The summed E-state index contributed by atoms with van der Waals surface area (Å²) in [6.45, 7) is 1.46. The van der Waals surface area contributed by atoms with Crippen molar-refractivity contribution in [2.75, 3.05) is 38.0 Å². The first-order chi connectivity index (χ1) is 19.1. The number of nitrogens with zero attached hydrogens (tertiary/aromatic N) is 3. The lowest BCUT2D eigenvalue weighted by molar-refractivity contribution is -0.142. The fourth-order valence-electron chi connectivity index (χ4n) is 4.25. The van der Waals surface area contributed by atoms with E-state index >= 15 is 0 Å². The molecular weight excluding hydrogens is 572 g/mol. The maximum Gasteiger partial charge on any atom is 0.302 e. The van der Waals surface area contributed by atoms with Gasteiger partial charge in [0.05, 0.1) is 5.69 Å². The first kappa shape index (κ1) is 28.6. The third-order valence-electron chi connectivity index (χ3n) is 6.45. The fraction of sp³-hybridized carbons (Fsp3) is 0.194.